The Hall–Kier alpha value is -2.93. The number of nitrogens with one attached hydrogen (secondary N) is 1. The van der Waals surface area contributed by atoms with E-state index in [9.17, 15) is 4.79 Å². The Kier molecular flexibility index (Phi) is 7.05. The molecular weight excluding hydrogens is 402 g/mol. The summed E-state index contributed by atoms with van der Waals surface area (Å²) >= 11 is 0. The molecule has 1 aliphatic rings. The molecule has 0 spiro atoms. The predicted octanol–water partition coefficient (Wildman–Crippen LogP) is 3.39. The average molecular weight is 434 g/mol. The van der Waals surface area contributed by atoms with Crippen LogP contribution in [0.2, 0.25) is 0 Å². The fourth-order valence-electron chi connectivity index (χ4n) is 4.16. The molecule has 6 heteroatoms. The molecule has 168 valence electrons. The number of nitrogens with two attached hydrogens (primary N) is 2. The van der Waals surface area contributed by atoms with E-state index in [0.717, 1.165) is 52.7 Å². The minimum atomic E-state index is -0.518. The molecule has 1 fully saturated rings. The molecule has 6 nitrogen and oxygen atoms in total. The lowest BCUT2D eigenvalue weighted by molar-refractivity contribution is -0.144. The van der Waals surface area contributed by atoms with Crippen LogP contribution in [0, 0.1) is 0 Å². The largest absolute Gasteiger partial charge is 0.489 e. The monoisotopic (exact) mass is 433 g/mol. The SMILES string of the molecule is CCOC(=O)[C@@H](Cc1ccc2ccc(C(N)N)cc2c1)c1ccc(O[C@@H]2CCNC2)cc1. The molecule has 3 aromatic carbocycles. The van der Waals surface area contributed by atoms with E-state index in [1.165, 1.54) is 0 Å². The topological polar surface area (TPSA) is 99.6 Å². The second-order valence-electron chi connectivity index (χ2n) is 8.28. The van der Waals surface area contributed by atoms with E-state index in [1.807, 2.05) is 49.4 Å². The van der Waals surface area contributed by atoms with Crippen molar-refractivity contribution < 1.29 is 14.3 Å². The van der Waals surface area contributed by atoms with E-state index >= 15 is 0 Å². The van der Waals surface area contributed by atoms with Crippen molar-refractivity contribution in [1.29, 1.82) is 0 Å². The molecule has 4 rings (SSSR count). The van der Waals surface area contributed by atoms with Gasteiger partial charge in [0.15, 0.2) is 0 Å². The maximum absolute atomic E-state index is 12.8. The first-order valence-corrected chi connectivity index (χ1v) is 11.2. The van der Waals surface area contributed by atoms with E-state index in [1.54, 1.807) is 0 Å². The van der Waals surface area contributed by atoms with Crippen LogP contribution in [-0.2, 0) is 16.0 Å². The minimum absolute atomic E-state index is 0.200. The van der Waals surface area contributed by atoms with Crippen LogP contribution in [0.3, 0.4) is 0 Å². The van der Waals surface area contributed by atoms with Gasteiger partial charge in [-0.3, -0.25) is 4.79 Å². The van der Waals surface area contributed by atoms with Gasteiger partial charge in [0.2, 0.25) is 0 Å². The molecule has 0 radical (unpaired) electrons. The number of ether oxygens (including phenoxy) is 2. The van der Waals surface area contributed by atoms with Crippen LogP contribution in [0.15, 0.2) is 60.7 Å². The van der Waals surface area contributed by atoms with Gasteiger partial charge in [0, 0.05) is 6.54 Å². The fraction of sp³-hybridized carbons (Fsp3) is 0.346. The van der Waals surface area contributed by atoms with E-state index in [2.05, 4.69) is 23.5 Å². The van der Waals surface area contributed by atoms with E-state index in [-0.39, 0.29) is 12.1 Å². The van der Waals surface area contributed by atoms with Crippen LogP contribution in [0.5, 0.6) is 5.75 Å². The van der Waals surface area contributed by atoms with Crippen molar-refractivity contribution in [1.82, 2.24) is 5.32 Å². The molecule has 1 saturated heterocycles. The summed E-state index contributed by atoms with van der Waals surface area (Å²) in [6.07, 6.45) is 1.23. The highest BCUT2D eigenvalue weighted by Gasteiger charge is 2.23. The number of hydrogen-bond acceptors (Lipinski definition) is 6. The number of rotatable bonds is 8. The van der Waals surface area contributed by atoms with Gasteiger partial charge in [-0.2, -0.15) is 0 Å². The van der Waals surface area contributed by atoms with E-state index in [4.69, 9.17) is 20.9 Å². The Labute approximate surface area is 188 Å². The van der Waals surface area contributed by atoms with Crippen molar-refractivity contribution in [3.05, 3.63) is 77.4 Å². The Bertz CT molecular complexity index is 1060. The van der Waals surface area contributed by atoms with Gasteiger partial charge in [-0.05, 0) is 72.0 Å². The summed E-state index contributed by atoms with van der Waals surface area (Å²) < 4.78 is 11.4. The lowest BCUT2D eigenvalue weighted by Gasteiger charge is -2.18. The standard InChI is InChI=1S/C26H31N3O3/c1-2-31-26(30)24(19-7-9-22(10-8-19)32-23-11-12-29-16-23)14-17-3-4-18-5-6-20(25(27)28)15-21(18)13-17/h3-10,13,15,23-25,29H,2,11-12,14,16,27-28H2,1H3/t23-,24+/m1/s1. The summed E-state index contributed by atoms with van der Waals surface area (Å²) in [6.45, 7) is 4.03. The number of benzene rings is 3. The van der Waals surface area contributed by atoms with Crippen LogP contribution < -0.4 is 21.5 Å². The number of esters is 1. The van der Waals surface area contributed by atoms with Crippen molar-refractivity contribution in [2.45, 2.75) is 38.0 Å². The van der Waals surface area contributed by atoms with Gasteiger partial charge < -0.3 is 26.3 Å². The lowest BCUT2D eigenvalue weighted by atomic mass is 9.90. The maximum Gasteiger partial charge on any atom is 0.313 e. The summed E-state index contributed by atoms with van der Waals surface area (Å²) in [6, 6.07) is 20.0. The second-order valence-corrected chi connectivity index (χ2v) is 8.28. The number of carbonyl (C=O) groups excluding carboxylic acids is 1. The maximum atomic E-state index is 12.8. The van der Waals surface area contributed by atoms with Crippen molar-refractivity contribution in [2.75, 3.05) is 19.7 Å². The van der Waals surface area contributed by atoms with Gasteiger partial charge in [-0.25, -0.2) is 0 Å². The van der Waals surface area contributed by atoms with Crippen LogP contribution in [0.1, 0.15) is 42.1 Å². The molecule has 0 aliphatic carbocycles. The first kappa shape index (κ1) is 22.3. The van der Waals surface area contributed by atoms with Crippen molar-refractivity contribution in [2.24, 2.45) is 11.5 Å². The Morgan fingerprint density at radius 2 is 1.78 bits per heavy atom. The molecule has 0 saturated carbocycles. The number of carbonyl (C=O) groups is 1. The van der Waals surface area contributed by atoms with E-state index in [0.29, 0.717) is 13.0 Å². The molecule has 2 atom stereocenters. The lowest BCUT2D eigenvalue weighted by Crippen LogP contribution is -2.20. The van der Waals surface area contributed by atoms with Crippen LogP contribution >= 0.6 is 0 Å². The summed E-state index contributed by atoms with van der Waals surface area (Å²) in [5.74, 6) is 0.204. The van der Waals surface area contributed by atoms with Gasteiger partial charge in [0.25, 0.3) is 0 Å². The molecule has 32 heavy (non-hydrogen) atoms. The van der Waals surface area contributed by atoms with Crippen LogP contribution in [0.25, 0.3) is 10.8 Å². The average Bonchev–Trinajstić information content (AvgIpc) is 3.31. The molecule has 3 aromatic rings. The zero-order valence-electron chi connectivity index (χ0n) is 18.4. The third-order valence-corrected chi connectivity index (χ3v) is 5.92. The Morgan fingerprint density at radius 3 is 2.47 bits per heavy atom. The molecule has 0 aromatic heterocycles. The summed E-state index contributed by atoms with van der Waals surface area (Å²) in [5, 5.41) is 5.46. The smallest absolute Gasteiger partial charge is 0.313 e. The van der Waals surface area contributed by atoms with E-state index < -0.39 is 12.1 Å². The Morgan fingerprint density at radius 1 is 1.03 bits per heavy atom. The van der Waals surface area contributed by atoms with Crippen LogP contribution in [0.4, 0.5) is 0 Å². The van der Waals surface area contributed by atoms with Crippen LogP contribution in [-0.4, -0.2) is 31.8 Å². The van der Waals surface area contributed by atoms with Gasteiger partial charge >= 0.3 is 5.97 Å². The van der Waals surface area contributed by atoms with Crippen molar-refractivity contribution in [3.63, 3.8) is 0 Å². The summed E-state index contributed by atoms with van der Waals surface area (Å²) in [5.41, 5.74) is 14.5. The Balaban J connectivity index is 1.57. The third kappa shape index (κ3) is 5.27. The van der Waals surface area contributed by atoms with Gasteiger partial charge in [0.1, 0.15) is 11.9 Å². The molecule has 0 amide bonds. The highest BCUT2D eigenvalue weighted by molar-refractivity contribution is 5.84. The zero-order chi connectivity index (χ0) is 22.5. The highest BCUT2D eigenvalue weighted by Crippen LogP contribution is 2.28. The predicted molar refractivity (Wildman–Crippen MR) is 126 cm³/mol. The minimum Gasteiger partial charge on any atom is -0.489 e. The first-order chi connectivity index (χ1) is 15.5. The fourth-order valence-corrected chi connectivity index (χ4v) is 4.16. The summed E-state index contributed by atoms with van der Waals surface area (Å²) in [7, 11) is 0. The molecule has 0 bridgehead atoms. The molecule has 0 unspecified atom stereocenters. The quantitative estimate of drug-likeness (QED) is 0.372. The van der Waals surface area contributed by atoms with Gasteiger partial charge in [-0.1, -0.05) is 42.5 Å². The molecule has 1 aliphatic heterocycles. The molecule has 1 heterocycles. The second kappa shape index (κ2) is 10.1. The summed E-state index contributed by atoms with van der Waals surface area (Å²) in [4.78, 5) is 12.8. The normalized spacial score (nSPS) is 16.9. The van der Waals surface area contributed by atoms with Gasteiger partial charge in [-0.15, -0.1) is 0 Å². The van der Waals surface area contributed by atoms with Crippen molar-refractivity contribution in [3.8, 4) is 5.75 Å². The number of hydrogen-bond donors (Lipinski definition) is 3. The number of fused-ring (bicyclic) bond motifs is 1. The highest BCUT2D eigenvalue weighted by atomic mass is 16.5. The van der Waals surface area contributed by atoms with Crippen molar-refractivity contribution >= 4 is 16.7 Å². The van der Waals surface area contributed by atoms with Gasteiger partial charge in [0.05, 0.1) is 18.7 Å². The molecule has 5 N–H and O–H groups in total. The molecular formula is C26H31N3O3. The first-order valence-electron chi connectivity index (χ1n) is 11.2. The third-order valence-electron chi connectivity index (χ3n) is 5.92. The zero-order valence-corrected chi connectivity index (χ0v) is 18.4.